The highest BCUT2D eigenvalue weighted by molar-refractivity contribution is 7.85. The smallest absolute Gasteiger partial charge is 0.433 e. The number of pyridine rings is 1. The van der Waals surface area contributed by atoms with Crippen molar-refractivity contribution in [3.63, 3.8) is 0 Å². The van der Waals surface area contributed by atoms with Crippen LogP contribution in [0.5, 0.6) is 0 Å². The Morgan fingerprint density at radius 1 is 1.00 bits per heavy atom. The van der Waals surface area contributed by atoms with Gasteiger partial charge in [0.1, 0.15) is 17.7 Å². The van der Waals surface area contributed by atoms with E-state index in [2.05, 4.69) is 14.9 Å². The Morgan fingerprint density at radius 2 is 1.68 bits per heavy atom. The van der Waals surface area contributed by atoms with Crippen molar-refractivity contribution in [1.82, 2.24) is 9.97 Å². The first-order valence-electron chi connectivity index (χ1n) is 8.60. The number of oxazole rings is 1. The van der Waals surface area contributed by atoms with E-state index < -0.39 is 22.7 Å². The van der Waals surface area contributed by atoms with Crippen LogP contribution in [-0.4, -0.2) is 38.8 Å². The average Bonchev–Trinajstić information content (AvgIpc) is 3.18. The number of alkyl halides is 3. The Hall–Kier alpha value is -2.68. The summed E-state index contributed by atoms with van der Waals surface area (Å²) in [7, 11) is -0.722. The molecule has 9 heteroatoms. The molecule has 28 heavy (non-hydrogen) atoms. The van der Waals surface area contributed by atoms with Crippen LogP contribution in [0, 0.1) is 0 Å². The molecule has 3 heterocycles. The fraction of sp³-hybridized carbons (Fsp3) is 0.263. The van der Waals surface area contributed by atoms with E-state index in [0.29, 0.717) is 22.8 Å². The number of anilines is 1. The molecule has 0 bridgehead atoms. The number of hydrogen-bond donors (Lipinski definition) is 0. The van der Waals surface area contributed by atoms with Crippen LogP contribution in [0.3, 0.4) is 0 Å². The molecule has 0 aliphatic carbocycles. The lowest BCUT2D eigenvalue weighted by atomic mass is 10.1. The van der Waals surface area contributed by atoms with Gasteiger partial charge >= 0.3 is 6.18 Å². The van der Waals surface area contributed by atoms with Crippen LogP contribution in [-0.2, 0) is 17.0 Å². The van der Waals surface area contributed by atoms with Gasteiger partial charge in [0.05, 0.1) is 5.56 Å². The Bertz CT molecular complexity index is 975. The SMILES string of the molecule is O=S1CCN(c2ccc(-c3coc(-c4ccc(C(F)(F)F)nc4)n3)cc2)CC1. The molecule has 1 fully saturated rings. The molecule has 1 aliphatic heterocycles. The molecule has 4 rings (SSSR count). The van der Waals surface area contributed by atoms with E-state index in [1.807, 2.05) is 24.3 Å². The maximum absolute atomic E-state index is 12.6. The fourth-order valence-corrected chi connectivity index (χ4v) is 4.02. The highest BCUT2D eigenvalue weighted by Gasteiger charge is 2.32. The minimum Gasteiger partial charge on any atom is -0.444 e. The van der Waals surface area contributed by atoms with Crippen molar-refractivity contribution in [2.24, 2.45) is 0 Å². The molecule has 1 aromatic carbocycles. The highest BCUT2D eigenvalue weighted by atomic mass is 32.2. The van der Waals surface area contributed by atoms with Gasteiger partial charge in [0.2, 0.25) is 5.89 Å². The van der Waals surface area contributed by atoms with Gasteiger partial charge in [0, 0.05) is 52.8 Å². The Morgan fingerprint density at radius 3 is 2.29 bits per heavy atom. The van der Waals surface area contributed by atoms with Crippen molar-refractivity contribution >= 4 is 16.5 Å². The normalized spacial score (nSPS) is 15.8. The van der Waals surface area contributed by atoms with Gasteiger partial charge in [-0.05, 0) is 24.3 Å². The van der Waals surface area contributed by atoms with Crippen molar-refractivity contribution in [1.29, 1.82) is 0 Å². The highest BCUT2D eigenvalue weighted by Crippen LogP contribution is 2.30. The van der Waals surface area contributed by atoms with Crippen LogP contribution in [0.1, 0.15) is 5.69 Å². The summed E-state index contributed by atoms with van der Waals surface area (Å²) in [5.41, 5.74) is 1.88. The van der Waals surface area contributed by atoms with E-state index in [0.717, 1.165) is 36.6 Å². The Balaban J connectivity index is 1.50. The molecule has 5 nitrogen and oxygen atoms in total. The maximum Gasteiger partial charge on any atom is 0.433 e. The quantitative estimate of drug-likeness (QED) is 0.657. The first-order chi connectivity index (χ1) is 13.4. The standard InChI is InChI=1S/C19H16F3N3O2S/c20-19(21,22)17-6-3-14(11-23-17)18-24-16(12-27-18)13-1-4-15(5-2-13)25-7-9-28(26)10-8-25/h1-6,11-12H,7-10H2. The summed E-state index contributed by atoms with van der Waals surface area (Å²) >= 11 is 0. The van der Waals surface area contributed by atoms with E-state index in [1.54, 1.807) is 0 Å². The largest absolute Gasteiger partial charge is 0.444 e. The summed E-state index contributed by atoms with van der Waals surface area (Å²) in [6, 6.07) is 9.95. The summed E-state index contributed by atoms with van der Waals surface area (Å²) < 4.78 is 54.7. The maximum atomic E-state index is 12.6. The average molecular weight is 407 g/mol. The van der Waals surface area contributed by atoms with E-state index in [1.165, 1.54) is 12.3 Å². The fourth-order valence-electron chi connectivity index (χ4n) is 2.97. The molecule has 3 aromatic rings. The van der Waals surface area contributed by atoms with Gasteiger partial charge in [-0.25, -0.2) is 4.98 Å². The zero-order valence-corrected chi connectivity index (χ0v) is 15.5. The second-order valence-electron chi connectivity index (χ2n) is 6.35. The molecular formula is C19H16F3N3O2S. The van der Waals surface area contributed by atoms with Gasteiger partial charge in [-0.2, -0.15) is 13.2 Å². The third-order valence-electron chi connectivity index (χ3n) is 4.51. The number of benzene rings is 1. The van der Waals surface area contributed by atoms with Crippen LogP contribution >= 0.6 is 0 Å². The van der Waals surface area contributed by atoms with Gasteiger partial charge in [-0.15, -0.1) is 0 Å². The summed E-state index contributed by atoms with van der Waals surface area (Å²) in [5, 5.41) is 0. The molecule has 0 saturated carbocycles. The minimum atomic E-state index is -4.48. The van der Waals surface area contributed by atoms with E-state index in [9.17, 15) is 17.4 Å². The molecule has 0 N–H and O–H groups in total. The van der Waals surface area contributed by atoms with Crippen molar-refractivity contribution < 1.29 is 21.8 Å². The van der Waals surface area contributed by atoms with Crippen molar-refractivity contribution in [2.45, 2.75) is 6.18 Å². The van der Waals surface area contributed by atoms with Gasteiger partial charge in [-0.3, -0.25) is 9.19 Å². The van der Waals surface area contributed by atoms with Crippen molar-refractivity contribution in [2.75, 3.05) is 29.5 Å². The van der Waals surface area contributed by atoms with Crippen molar-refractivity contribution in [3.05, 3.63) is 54.6 Å². The molecule has 0 radical (unpaired) electrons. The number of aromatic nitrogens is 2. The van der Waals surface area contributed by atoms with Crippen molar-refractivity contribution in [3.8, 4) is 22.7 Å². The lowest BCUT2D eigenvalue weighted by Gasteiger charge is -2.28. The lowest BCUT2D eigenvalue weighted by Crippen LogP contribution is -2.37. The minimum absolute atomic E-state index is 0.207. The second kappa shape index (κ2) is 7.38. The van der Waals surface area contributed by atoms with Crippen LogP contribution < -0.4 is 4.90 Å². The topological polar surface area (TPSA) is 59.2 Å². The summed E-state index contributed by atoms with van der Waals surface area (Å²) in [6.07, 6.45) is -1.92. The monoisotopic (exact) mass is 407 g/mol. The third-order valence-corrected chi connectivity index (χ3v) is 5.79. The van der Waals surface area contributed by atoms with Gasteiger partial charge in [0.15, 0.2) is 0 Å². The van der Waals surface area contributed by atoms with Crippen LogP contribution in [0.15, 0.2) is 53.3 Å². The molecule has 0 amide bonds. The molecule has 146 valence electrons. The number of hydrogen-bond acceptors (Lipinski definition) is 5. The molecule has 0 spiro atoms. The molecule has 1 aliphatic rings. The van der Waals surface area contributed by atoms with Gasteiger partial charge in [-0.1, -0.05) is 12.1 Å². The molecule has 1 saturated heterocycles. The van der Waals surface area contributed by atoms with E-state index in [4.69, 9.17) is 4.42 Å². The summed E-state index contributed by atoms with van der Waals surface area (Å²) in [6.45, 7) is 1.53. The van der Waals surface area contributed by atoms with Gasteiger partial charge in [0.25, 0.3) is 0 Å². The van der Waals surface area contributed by atoms with Crippen LogP contribution in [0.2, 0.25) is 0 Å². The Labute approximate surface area is 161 Å². The molecule has 0 unspecified atom stereocenters. The molecular weight excluding hydrogens is 391 g/mol. The molecule has 0 atom stereocenters. The summed E-state index contributed by atoms with van der Waals surface area (Å²) in [4.78, 5) is 9.97. The number of rotatable bonds is 3. The second-order valence-corrected chi connectivity index (χ2v) is 8.05. The van der Waals surface area contributed by atoms with E-state index in [-0.39, 0.29) is 5.89 Å². The Kier molecular flexibility index (Phi) is 4.92. The first kappa shape index (κ1) is 18.7. The molecule has 2 aromatic heterocycles. The van der Waals surface area contributed by atoms with E-state index >= 15 is 0 Å². The number of nitrogens with zero attached hydrogens (tertiary/aromatic N) is 3. The third kappa shape index (κ3) is 3.94. The lowest BCUT2D eigenvalue weighted by molar-refractivity contribution is -0.141. The van der Waals surface area contributed by atoms with Gasteiger partial charge < -0.3 is 9.32 Å². The summed E-state index contributed by atoms with van der Waals surface area (Å²) in [5.74, 6) is 1.56. The zero-order valence-electron chi connectivity index (χ0n) is 14.6. The predicted molar refractivity (Wildman–Crippen MR) is 100 cm³/mol. The predicted octanol–water partition coefficient (Wildman–Crippen LogP) is 3.99. The zero-order chi connectivity index (χ0) is 19.7. The van der Waals surface area contributed by atoms with Crippen LogP contribution in [0.25, 0.3) is 22.7 Å². The number of halogens is 3. The van der Waals surface area contributed by atoms with Crippen LogP contribution in [0.4, 0.5) is 18.9 Å². The first-order valence-corrected chi connectivity index (χ1v) is 10.1.